The molecule has 8 heteroatoms. The molecule has 0 atom stereocenters. The van der Waals surface area contributed by atoms with E-state index in [2.05, 4.69) is 20.9 Å². The molecule has 5 nitrogen and oxygen atoms in total. The normalized spacial score (nSPS) is 10.9. The van der Waals surface area contributed by atoms with Crippen LogP contribution < -0.4 is 10.7 Å². The van der Waals surface area contributed by atoms with Crippen LogP contribution in [-0.4, -0.2) is 27.7 Å². The number of nitrogens with zero attached hydrogens (tertiary/aromatic N) is 3. The van der Waals surface area contributed by atoms with Crippen LogP contribution in [0.4, 0.5) is 0 Å². The molecule has 0 saturated carbocycles. The molecule has 0 fully saturated rings. The predicted octanol–water partition coefficient (Wildman–Crippen LogP) is 3.31. The Balaban J connectivity index is 2.27. The first kappa shape index (κ1) is 16.7. The van der Waals surface area contributed by atoms with Gasteiger partial charge in [0.15, 0.2) is 5.11 Å². The maximum absolute atomic E-state index is 6.39. The number of thiocarbonyl (C=S) groups is 1. The van der Waals surface area contributed by atoms with Gasteiger partial charge in [0.2, 0.25) is 0 Å². The summed E-state index contributed by atoms with van der Waals surface area (Å²) in [7, 11) is 0. The van der Waals surface area contributed by atoms with Crippen molar-refractivity contribution in [3.63, 3.8) is 0 Å². The molecule has 0 bridgehead atoms. The van der Waals surface area contributed by atoms with E-state index in [0.717, 1.165) is 12.2 Å². The molecule has 1 aromatic heterocycles. The molecule has 116 valence electrons. The lowest BCUT2D eigenvalue weighted by atomic mass is 10.3. The quantitative estimate of drug-likeness (QED) is 0.501. The van der Waals surface area contributed by atoms with Crippen molar-refractivity contribution in [3.05, 3.63) is 45.7 Å². The minimum absolute atomic E-state index is 0.436. The lowest BCUT2D eigenvalue weighted by molar-refractivity contribution is 0.863. The van der Waals surface area contributed by atoms with Crippen LogP contribution in [0.25, 0.3) is 5.69 Å². The van der Waals surface area contributed by atoms with E-state index in [9.17, 15) is 0 Å². The van der Waals surface area contributed by atoms with Gasteiger partial charge in [-0.05, 0) is 38.2 Å². The highest BCUT2D eigenvalue weighted by Gasteiger charge is 2.14. The Morgan fingerprint density at radius 3 is 2.82 bits per heavy atom. The van der Waals surface area contributed by atoms with Crippen molar-refractivity contribution in [2.75, 3.05) is 6.54 Å². The Kier molecular flexibility index (Phi) is 5.76. The molecule has 2 N–H and O–H groups in total. The molecule has 0 aliphatic heterocycles. The zero-order chi connectivity index (χ0) is 16.1. The highest BCUT2D eigenvalue weighted by molar-refractivity contribution is 7.80. The van der Waals surface area contributed by atoms with E-state index >= 15 is 0 Å². The van der Waals surface area contributed by atoms with Crippen LogP contribution >= 0.6 is 35.4 Å². The minimum Gasteiger partial charge on any atom is -0.362 e. The van der Waals surface area contributed by atoms with E-state index in [0.29, 0.717) is 26.5 Å². The molecule has 22 heavy (non-hydrogen) atoms. The molecule has 0 unspecified atom stereocenters. The van der Waals surface area contributed by atoms with E-state index in [4.69, 9.17) is 35.4 Å². The van der Waals surface area contributed by atoms with Gasteiger partial charge in [-0.15, -0.1) is 0 Å². The molecule has 2 aromatic rings. The summed E-state index contributed by atoms with van der Waals surface area (Å²) in [6.07, 6.45) is 1.58. The van der Waals surface area contributed by atoms with E-state index in [1.807, 2.05) is 32.0 Å². The van der Waals surface area contributed by atoms with Gasteiger partial charge in [0.05, 0.1) is 28.2 Å². The van der Waals surface area contributed by atoms with Gasteiger partial charge in [-0.3, -0.25) is 5.43 Å². The molecule has 0 aliphatic rings. The number of para-hydroxylation sites is 1. The van der Waals surface area contributed by atoms with Crippen LogP contribution in [-0.2, 0) is 0 Å². The molecule has 0 saturated heterocycles. The number of benzene rings is 1. The molecular weight excluding hydrogens is 341 g/mol. The van der Waals surface area contributed by atoms with Crippen LogP contribution in [0.5, 0.6) is 0 Å². The van der Waals surface area contributed by atoms with E-state index in [-0.39, 0.29) is 0 Å². The van der Waals surface area contributed by atoms with Gasteiger partial charge in [-0.1, -0.05) is 35.3 Å². The molecule has 0 aliphatic carbocycles. The highest BCUT2D eigenvalue weighted by Crippen LogP contribution is 2.26. The van der Waals surface area contributed by atoms with Crippen LogP contribution in [0.2, 0.25) is 10.2 Å². The summed E-state index contributed by atoms with van der Waals surface area (Å²) in [5, 5.41) is 12.9. The number of aromatic nitrogens is 2. The van der Waals surface area contributed by atoms with Crippen LogP contribution in [0.15, 0.2) is 29.4 Å². The molecule has 0 radical (unpaired) electrons. The van der Waals surface area contributed by atoms with Gasteiger partial charge in [0, 0.05) is 6.54 Å². The average Bonchev–Trinajstić information content (AvgIpc) is 2.76. The summed E-state index contributed by atoms with van der Waals surface area (Å²) >= 11 is 17.6. The van der Waals surface area contributed by atoms with Crippen LogP contribution in [0.3, 0.4) is 0 Å². The summed E-state index contributed by atoms with van der Waals surface area (Å²) in [4.78, 5) is 0. The molecule has 2 rings (SSSR count). The predicted molar refractivity (Wildman–Crippen MR) is 95.3 cm³/mol. The van der Waals surface area contributed by atoms with Crippen molar-refractivity contribution in [1.29, 1.82) is 0 Å². The Labute approximate surface area is 144 Å². The van der Waals surface area contributed by atoms with Gasteiger partial charge in [-0.25, -0.2) is 4.68 Å². The van der Waals surface area contributed by atoms with E-state index < -0.39 is 0 Å². The van der Waals surface area contributed by atoms with Gasteiger partial charge < -0.3 is 5.32 Å². The third-order valence-electron chi connectivity index (χ3n) is 2.83. The summed E-state index contributed by atoms with van der Waals surface area (Å²) in [6, 6.07) is 7.36. The zero-order valence-electron chi connectivity index (χ0n) is 12.1. The molecule has 1 heterocycles. The fraction of sp³-hybridized carbons (Fsp3) is 0.214. The summed E-state index contributed by atoms with van der Waals surface area (Å²) in [5.41, 5.74) is 4.87. The Bertz CT molecular complexity index is 711. The first-order valence-electron chi connectivity index (χ1n) is 6.61. The number of halogens is 2. The third kappa shape index (κ3) is 3.76. The van der Waals surface area contributed by atoms with Crippen LogP contribution in [0, 0.1) is 6.92 Å². The fourth-order valence-electron chi connectivity index (χ4n) is 1.80. The van der Waals surface area contributed by atoms with Crippen molar-refractivity contribution >= 4 is 46.7 Å². The maximum atomic E-state index is 6.39. The lowest BCUT2D eigenvalue weighted by Gasteiger charge is -2.05. The number of hydrogen-bond donors (Lipinski definition) is 2. The molecule has 0 spiro atoms. The van der Waals surface area contributed by atoms with Crippen molar-refractivity contribution in [3.8, 4) is 5.69 Å². The van der Waals surface area contributed by atoms with Crippen molar-refractivity contribution in [1.82, 2.24) is 20.5 Å². The summed E-state index contributed by atoms with van der Waals surface area (Å²) < 4.78 is 1.59. The standard InChI is InChI=1S/C14H15Cl2N5S/c1-3-17-14(22)19-18-8-10-9(2)20-21(13(10)16)12-7-5-4-6-11(12)15/h4-8H,3H2,1-2H3,(H2,17,19,22)/b18-8-. The monoisotopic (exact) mass is 355 g/mol. The van der Waals surface area contributed by atoms with Crippen molar-refractivity contribution in [2.45, 2.75) is 13.8 Å². The second kappa shape index (κ2) is 7.58. The van der Waals surface area contributed by atoms with Gasteiger partial charge in [0.25, 0.3) is 0 Å². The van der Waals surface area contributed by atoms with Gasteiger partial charge in [0.1, 0.15) is 5.15 Å². The van der Waals surface area contributed by atoms with Crippen molar-refractivity contribution < 1.29 is 0 Å². The largest absolute Gasteiger partial charge is 0.362 e. The average molecular weight is 356 g/mol. The Morgan fingerprint density at radius 1 is 1.41 bits per heavy atom. The minimum atomic E-state index is 0.436. The molecule has 1 aromatic carbocycles. The highest BCUT2D eigenvalue weighted by atomic mass is 35.5. The lowest BCUT2D eigenvalue weighted by Crippen LogP contribution is -2.31. The number of rotatable bonds is 4. The molecule has 0 amide bonds. The van der Waals surface area contributed by atoms with E-state index in [1.165, 1.54) is 0 Å². The number of aryl methyl sites for hydroxylation is 1. The second-order valence-electron chi connectivity index (χ2n) is 4.38. The van der Waals surface area contributed by atoms with Gasteiger partial charge in [-0.2, -0.15) is 10.2 Å². The SMILES string of the molecule is CCNC(=S)N/N=C\c1c(C)nn(-c2ccccc2Cl)c1Cl. The fourth-order valence-corrected chi connectivity index (χ4v) is 2.52. The van der Waals surface area contributed by atoms with Crippen LogP contribution in [0.1, 0.15) is 18.2 Å². The molecular formula is C14H15Cl2N5S. The summed E-state index contributed by atoms with van der Waals surface area (Å²) in [5.74, 6) is 0. The number of hydrogen-bond acceptors (Lipinski definition) is 3. The summed E-state index contributed by atoms with van der Waals surface area (Å²) in [6.45, 7) is 4.53. The Morgan fingerprint density at radius 2 is 2.14 bits per heavy atom. The number of hydrazone groups is 1. The van der Waals surface area contributed by atoms with E-state index in [1.54, 1.807) is 17.0 Å². The first-order valence-corrected chi connectivity index (χ1v) is 7.78. The topological polar surface area (TPSA) is 54.2 Å². The van der Waals surface area contributed by atoms with Gasteiger partial charge >= 0.3 is 0 Å². The number of nitrogens with one attached hydrogen (secondary N) is 2. The third-order valence-corrected chi connectivity index (χ3v) is 3.74. The second-order valence-corrected chi connectivity index (χ2v) is 5.56. The smallest absolute Gasteiger partial charge is 0.186 e. The van der Waals surface area contributed by atoms with Crippen molar-refractivity contribution in [2.24, 2.45) is 5.10 Å². The maximum Gasteiger partial charge on any atom is 0.186 e. The zero-order valence-corrected chi connectivity index (χ0v) is 14.4. The Hall–Kier alpha value is -1.63. The first-order chi connectivity index (χ1) is 10.5.